The van der Waals surface area contributed by atoms with Crippen LogP contribution in [0.25, 0.3) is 0 Å². The number of H-pyrrole nitrogens is 1. The van der Waals surface area contributed by atoms with E-state index in [-0.39, 0.29) is 0 Å². The summed E-state index contributed by atoms with van der Waals surface area (Å²) in [6, 6.07) is 2.04. The molecule has 0 aromatic carbocycles. The molecule has 1 heterocycles. The third-order valence-corrected chi connectivity index (χ3v) is 1.67. The van der Waals surface area contributed by atoms with Gasteiger partial charge < -0.3 is 10.7 Å². The van der Waals surface area contributed by atoms with Crippen LogP contribution in [-0.4, -0.2) is 4.98 Å². The molecule has 0 amide bonds. The second-order valence-corrected chi connectivity index (χ2v) is 2.78. The molecule has 0 fully saturated rings. The average molecular weight is 138 g/mol. The molecule has 3 N–H and O–H groups in total. The van der Waals surface area contributed by atoms with E-state index in [0.717, 1.165) is 0 Å². The molecule has 0 atom stereocenters. The fraction of sp³-hybridized carbons (Fsp3) is 0.500. The summed E-state index contributed by atoms with van der Waals surface area (Å²) < 4.78 is 0. The van der Waals surface area contributed by atoms with E-state index >= 15 is 0 Å². The van der Waals surface area contributed by atoms with E-state index in [2.05, 4.69) is 18.8 Å². The number of aromatic amines is 1. The second kappa shape index (κ2) is 2.88. The Kier molecular flexibility index (Phi) is 2.12. The van der Waals surface area contributed by atoms with Gasteiger partial charge in [-0.3, -0.25) is 0 Å². The molecule has 1 rings (SSSR count). The maximum absolute atomic E-state index is 5.51. The van der Waals surface area contributed by atoms with Crippen molar-refractivity contribution in [3.8, 4) is 0 Å². The number of aromatic nitrogens is 1. The Balaban J connectivity index is 2.90. The third-order valence-electron chi connectivity index (χ3n) is 1.67. The Morgan fingerprint density at radius 2 is 2.30 bits per heavy atom. The highest BCUT2D eigenvalue weighted by Crippen LogP contribution is 2.16. The van der Waals surface area contributed by atoms with Gasteiger partial charge in [0.25, 0.3) is 0 Å². The Morgan fingerprint density at radius 1 is 1.60 bits per heavy atom. The van der Waals surface area contributed by atoms with Gasteiger partial charge in [-0.2, -0.15) is 0 Å². The largest absolute Gasteiger partial charge is 0.365 e. The fourth-order valence-corrected chi connectivity index (χ4v) is 1.13. The van der Waals surface area contributed by atoms with Crippen molar-refractivity contribution in [3.05, 3.63) is 23.5 Å². The molecule has 2 nitrogen and oxygen atoms in total. The van der Waals surface area contributed by atoms with E-state index < -0.39 is 0 Å². The van der Waals surface area contributed by atoms with E-state index in [1.54, 1.807) is 0 Å². The topological polar surface area (TPSA) is 41.8 Å². The standard InChI is InChI=1S/C8H14N2/c1-6(2)8-7(5-9)3-4-10-8/h3-4,6,10H,5,9H2,1-2H3. The van der Waals surface area contributed by atoms with Crippen LogP contribution in [0.15, 0.2) is 12.3 Å². The van der Waals surface area contributed by atoms with Crippen molar-refractivity contribution in [2.45, 2.75) is 26.3 Å². The molecule has 10 heavy (non-hydrogen) atoms. The van der Waals surface area contributed by atoms with Gasteiger partial charge in [0, 0.05) is 18.4 Å². The smallest absolute Gasteiger partial charge is 0.0218 e. The van der Waals surface area contributed by atoms with Gasteiger partial charge in [-0.15, -0.1) is 0 Å². The van der Waals surface area contributed by atoms with Gasteiger partial charge in [0.05, 0.1) is 0 Å². The monoisotopic (exact) mass is 138 g/mol. The van der Waals surface area contributed by atoms with Gasteiger partial charge >= 0.3 is 0 Å². The Labute approximate surface area is 61.4 Å². The molecule has 0 aliphatic rings. The summed E-state index contributed by atoms with van der Waals surface area (Å²) in [4.78, 5) is 3.18. The number of hydrogen-bond acceptors (Lipinski definition) is 1. The van der Waals surface area contributed by atoms with E-state index in [1.165, 1.54) is 11.3 Å². The van der Waals surface area contributed by atoms with Gasteiger partial charge in [0.2, 0.25) is 0 Å². The van der Waals surface area contributed by atoms with E-state index in [1.807, 2.05) is 12.3 Å². The quantitative estimate of drug-likeness (QED) is 0.640. The van der Waals surface area contributed by atoms with Crippen LogP contribution < -0.4 is 5.73 Å². The van der Waals surface area contributed by atoms with Crippen molar-refractivity contribution >= 4 is 0 Å². The van der Waals surface area contributed by atoms with E-state index in [9.17, 15) is 0 Å². The lowest BCUT2D eigenvalue weighted by atomic mass is 10.1. The minimum Gasteiger partial charge on any atom is -0.365 e. The predicted octanol–water partition coefficient (Wildman–Crippen LogP) is 1.60. The lowest BCUT2D eigenvalue weighted by molar-refractivity contribution is 0.811. The Morgan fingerprint density at radius 3 is 2.70 bits per heavy atom. The predicted molar refractivity (Wildman–Crippen MR) is 42.8 cm³/mol. The first-order valence-corrected chi connectivity index (χ1v) is 3.62. The zero-order chi connectivity index (χ0) is 7.56. The summed E-state index contributed by atoms with van der Waals surface area (Å²) in [6.45, 7) is 4.95. The zero-order valence-electron chi connectivity index (χ0n) is 6.52. The summed E-state index contributed by atoms with van der Waals surface area (Å²) in [7, 11) is 0. The van der Waals surface area contributed by atoms with Crippen molar-refractivity contribution in [1.82, 2.24) is 4.98 Å². The average Bonchev–Trinajstić information content (AvgIpc) is 2.33. The summed E-state index contributed by atoms with van der Waals surface area (Å²) in [5.41, 5.74) is 8.01. The van der Waals surface area contributed by atoms with E-state index in [0.29, 0.717) is 12.5 Å². The number of rotatable bonds is 2. The maximum Gasteiger partial charge on any atom is 0.0218 e. The Hall–Kier alpha value is -0.760. The third kappa shape index (κ3) is 1.21. The number of nitrogens with two attached hydrogens (primary N) is 1. The zero-order valence-corrected chi connectivity index (χ0v) is 6.52. The van der Waals surface area contributed by atoms with Gasteiger partial charge in [-0.25, -0.2) is 0 Å². The minimum absolute atomic E-state index is 0.550. The highest BCUT2D eigenvalue weighted by atomic mass is 14.7. The molecule has 0 aliphatic carbocycles. The van der Waals surface area contributed by atoms with Gasteiger partial charge in [-0.1, -0.05) is 13.8 Å². The molecule has 0 saturated carbocycles. The van der Waals surface area contributed by atoms with Crippen LogP contribution in [0.4, 0.5) is 0 Å². The van der Waals surface area contributed by atoms with Crippen LogP contribution >= 0.6 is 0 Å². The van der Waals surface area contributed by atoms with Crippen LogP contribution in [0.1, 0.15) is 31.0 Å². The van der Waals surface area contributed by atoms with Crippen LogP contribution in [-0.2, 0) is 6.54 Å². The molecule has 0 unspecified atom stereocenters. The van der Waals surface area contributed by atoms with Crippen molar-refractivity contribution in [2.24, 2.45) is 5.73 Å². The highest BCUT2D eigenvalue weighted by Gasteiger charge is 2.04. The van der Waals surface area contributed by atoms with Crippen molar-refractivity contribution in [1.29, 1.82) is 0 Å². The second-order valence-electron chi connectivity index (χ2n) is 2.78. The molecule has 0 radical (unpaired) electrons. The molecule has 1 aromatic heterocycles. The first kappa shape index (κ1) is 7.35. The first-order chi connectivity index (χ1) is 4.75. The van der Waals surface area contributed by atoms with Crippen LogP contribution in [0.2, 0.25) is 0 Å². The van der Waals surface area contributed by atoms with E-state index in [4.69, 9.17) is 5.73 Å². The van der Waals surface area contributed by atoms with Crippen molar-refractivity contribution in [2.75, 3.05) is 0 Å². The van der Waals surface area contributed by atoms with Crippen LogP contribution in [0, 0.1) is 0 Å². The fourth-order valence-electron chi connectivity index (χ4n) is 1.13. The summed E-state index contributed by atoms with van der Waals surface area (Å²) >= 11 is 0. The van der Waals surface area contributed by atoms with Gasteiger partial charge in [0.15, 0.2) is 0 Å². The van der Waals surface area contributed by atoms with Gasteiger partial charge in [0.1, 0.15) is 0 Å². The molecule has 0 saturated heterocycles. The Bertz CT molecular complexity index is 201. The van der Waals surface area contributed by atoms with Crippen molar-refractivity contribution < 1.29 is 0 Å². The lowest BCUT2D eigenvalue weighted by Gasteiger charge is -2.03. The lowest BCUT2D eigenvalue weighted by Crippen LogP contribution is -2.00. The van der Waals surface area contributed by atoms with Crippen LogP contribution in [0.5, 0.6) is 0 Å². The minimum atomic E-state index is 0.550. The summed E-state index contributed by atoms with van der Waals surface area (Å²) in [5, 5.41) is 0. The number of hydrogen-bond donors (Lipinski definition) is 2. The first-order valence-electron chi connectivity index (χ1n) is 3.62. The van der Waals surface area contributed by atoms with Gasteiger partial charge in [-0.05, 0) is 17.5 Å². The van der Waals surface area contributed by atoms with Crippen molar-refractivity contribution in [3.63, 3.8) is 0 Å². The maximum atomic E-state index is 5.51. The molecule has 1 aromatic rings. The molecular formula is C8H14N2. The molecule has 0 bridgehead atoms. The summed E-state index contributed by atoms with van der Waals surface area (Å²) in [6.07, 6.45) is 1.94. The molecule has 0 aliphatic heterocycles. The molecule has 56 valence electrons. The molecule has 0 spiro atoms. The van der Waals surface area contributed by atoms with Crippen LogP contribution in [0.3, 0.4) is 0 Å². The normalized spacial score (nSPS) is 10.8. The number of nitrogens with one attached hydrogen (secondary N) is 1. The highest BCUT2D eigenvalue weighted by molar-refractivity contribution is 5.22. The summed E-state index contributed by atoms with van der Waals surface area (Å²) in [5.74, 6) is 0.550. The molecular weight excluding hydrogens is 124 g/mol. The SMILES string of the molecule is CC(C)c1[nH]ccc1CN. The molecule has 2 heteroatoms.